The minimum Gasteiger partial charge on any atom is -0.383 e. The molecule has 0 aliphatic carbocycles. The number of hydrogen-bond donors (Lipinski definition) is 3. The number of rotatable bonds is 4. The van der Waals surface area contributed by atoms with Crippen molar-refractivity contribution < 1.29 is 0 Å². The standard InChI is InChI=1S/C26H26N6O/c33-24-10-7-20-15-29-26(30-21-8-5-17(6-9-21)19-11-12-27-14-19)31-25(20)32(24)22-13-18-3-1-2-4-23(18)28-16-22/h1-10,15,19,22,27-28H,11-14,16H2,(H,29,30,31). The lowest BCUT2D eigenvalue weighted by Crippen LogP contribution is -2.33. The zero-order chi connectivity index (χ0) is 22.2. The molecular weight excluding hydrogens is 412 g/mol. The fourth-order valence-electron chi connectivity index (χ4n) is 4.97. The molecule has 2 atom stereocenters. The zero-order valence-corrected chi connectivity index (χ0v) is 18.3. The van der Waals surface area contributed by atoms with E-state index in [4.69, 9.17) is 4.98 Å². The Hall–Kier alpha value is -3.71. The molecule has 0 amide bonds. The van der Waals surface area contributed by atoms with Crippen LogP contribution in [0.2, 0.25) is 0 Å². The Morgan fingerprint density at radius 1 is 1.00 bits per heavy atom. The molecule has 0 saturated carbocycles. The molecule has 1 fully saturated rings. The van der Waals surface area contributed by atoms with Gasteiger partial charge in [0.2, 0.25) is 5.95 Å². The van der Waals surface area contributed by atoms with E-state index in [0.29, 0.717) is 24.1 Å². The molecule has 0 bridgehead atoms. The summed E-state index contributed by atoms with van der Waals surface area (Å²) in [7, 11) is 0. The number of anilines is 3. The molecule has 166 valence electrons. The van der Waals surface area contributed by atoms with Crippen LogP contribution in [0.4, 0.5) is 17.3 Å². The van der Waals surface area contributed by atoms with Crippen molar-refractivity contribution in [2.45, 2.75) is 24.8 Å². The third kappa shape index (κ3) is 3.85. The van der Waals surface area contributed by atoms with Crippen LogP contribution in [-0.4, -0.2) is 34.2 Å². The molecule has 2 unspecified atom stereocenters. The first kappa shape index (κ1) is 19.9. The number of nitrogens with one attached hydrogen (secondary N) is 3. The van der Waals surface area contributed by atoms with Crippen LogP contribution >= 0.6 is 0 Å². The van der Waals surface area contributed by atoms with E-state index in [1.807, 2.05) is 12.1 Å². The van der Waals surface area contributed by atoms with Crippen molar-refractivity contribution in [2.24, 2.45) is 0 Å². The Labute approximate surface area is 191 Å². The number of pyridine rings is 1. The lowest BCUT2D eigenvalue weighted by Gasteiger charge is -2.28. The number of aromatic nitrogens is 3. The van der Waals surface area contributed by atoms with Gasteiger partial charge in [-0.05, 0) is 60.7 Å². The van der Waals surface area contributed by atoms with Gasteiger partial charge in [-0.1, -0.05) is 30.3 Å². The minimum atomic E-state index is -0.0483. The molecule has 3 N–H and O–H groups in total. The largest absolute Gasteiger partial charge is 0.383 e. The van der Waals surface area contributed by atoms with E-state index in [9.17, 15) is 4.79 Å². The van der Waals surface area contributed by atoms with Crippen molar-refractivity contribution in [3.05, 3.63) is 88.3 Å². The number of fused-ring (bicyclic) bond motifs is 2. The summed E-state index contributed by atoms with van der Waals surface area (Å²) in [6.07, 6.45) is 3.74. The maximum atomic E-state index is 12.9. The van der Waals surface area contributed by atoms with Gasteiger partial charge in [-0.2, -0.15) is 4.98 Å². The first-order chi connectivity index (χ1) is 16.2. The number of benzene rings is 2. The van der Waals surface area contributed by atoms with Crippen molar-refractivity contribution in [3.63, 3.8) is 0 Å². The minimum absolute atomic E-state index is 0.0156. The van der Waals surface area contributed by atoms with Crippen molar-refractivity contribution in [2.75, 3.05) is 30.3 Å². The van der Waals surface area contributed by atoms with Crippen LogP contribution in [0.25, 0.3) is 11.0 Å². The Kier molecular flexibility index (Phi) is 5.03. The highest BCUT2D eigenvalue weighted by Gasteiger charge is 2.22. The molecule has 2 aliphatic rings. The van der Waals surface area contributed by atoms with E-state index in [1.165, 1.54) is 17.5 Å². The molecule has 0 spiro atoms. The van der Waals surface area contributed by atoms with Gasteiger partial charge < -0.3 is 16.0 Å². The molecule has 2 aromatic carbocycles. The van der Waals surface area contributed by atoms with Crippen LogP contribution in [0.1, 0.15) is 29.5 Å². The highest BCUT2D eigenvalue weighted by Crippen LogP contribution is 2.28. The quantitative estimate of drug-likeness (QED) is 0.449. The van der Waals surface area contributed by atoms with Gasteiger partial charge in [0.15, 0.2) is 0 Å². The Morgan fingerprint density at radius 3 is 2.73 bits per heavy atom. The summed E-state index contributed by atoms with van der Waals surface area (Å²) in [6, 6.07) is 20.1. The molecule has 0 radical (unpaired) electrons. The van der Waals surface area contributed by atoms with Gasteiger partial charge in [0, 0.05) is 42.1 Å². The number of hydrogen-bond acceptors (Lipinski definition) is 6. The molecular formula is C26H26N6O. The van der Waals surface area contributed by atoms with Crippen LogP contribution in [0.3, 0.4) is 0 Å². The molecule has 4 heterocycles. The Bertz CT molecular complexity index is 1360. The van der Waals surface area contributed by atoms with E-state index in [-0.39, 0.29) is 11.6 Å². The molecule has 2 aliphatic heterocycles. The first-order valence-corrected chi connectivity index (χ1v) is 11.5. The summed E-state index contributed by atoms with van der Waals surface area (Å²) in [5, 5.41) is 11.0. The zero-order valence-electron chi connectivity index (χ0n) is 18.3. The lowest BCUT2D eigenvalue weighted by atomic mass is 9.98. The number of para-hydroxylation sites is 1. The monoisotopic (exact) mass is 438 g/mol. The molecule has 33 heavy (non-hydrogen) atoms. The molecule has 7 nitrogen and oxygen atoms in total. The van der Waals surface area contributed by atoms with E-state index in [1.54, 1.807) is 22.9 Å². The maximum Gasteiger partial charge on any atom is 0.252 e. The van der Waals surface area contributed by atoms with Crippen molar-refractivity contribution in [1.82, 2.24) is 19.9 Å². The second-order valence-corrected chi connectivity index (χ2v) is 8.85. The highest BCUT2D eigenvalue weighted by atomic mass is 16.1. The summed E-state index contributed by atoms with van der Waals surface area (Å²) in [6.45, 7) is 2.80. The average Bonchev–Trinajstić information content (AvgIpc) is 3.39. The van der Waals surface area contributed by atoms with Gasteiger partial charge in [-0.15, -0.1) is 0 Å². The average molecular weight is 439 g/mol. The normalized spacial score (nSPS) is 19.8. The molecule has 1 saturated heterocycles. The van der Waals surface area contributed by atoms with Gasteiger partial charge in [-0.3, -0.25) is 9.36 Å². The maximum absolute atomic E-state index is 12.9. The van der Waals surface area contributed by atoms with Crippen LogP contribution in [0, 0.1) is 0 Å². The molecule has 7 heteroatoms. The fraction of sp³-hybridized carbons (Fsp3) is 0.269. The van der Waals surface area contributed by atoms with E-state index >= 15 is 0 Å². The summed E-state index contributed by atoms with van der Waals surface area (Å²) in [5.74, 6) is 1.07. The van der Waals surface area contributed by atoms with E-state index < -0.39 is 0 Å². The summed E-state index contributed by atoms with van der Waals surface area (Å²) >= 11 is 0. The second kappa shape index (κ2) is 8.33. The predicted molar refractivity (Wildman–Crippen MR) is 131 cm³/mol. The van der Waals surface area contributed by atoms with E-state index in [0.717, 1.165) is 36.3 Å². The molecule has 6 rings (SSSR count). The van der Waals surface area contributed by atoms with Crippen LogP contribution < -0.4 is 21.5 Å². The predicted octanol–water partition coefficient (Wildman–Crippen LogP) is 3.82. The van der Waals surface area contributed by atoms with Crippen molar-refractivity contribution in [1.29, 1.82) is 0 Å². The first-order valence-electron chi connectivity index (χ1n) is 11.5. The van der Waals surface area contributed by atoms with E-state index in [2.05, 4.69) is 57.3 Å². The summed E-state index contributed by atoms with van der Waals surface area (Å²) in [4.78, 5) is 22.2. The SMILES string of the molecule is O=c1ccc2cnc(Nc3ccc(C4CCNC4)cc3)nc2n1C1CNc2ccccc2C1. The Balaban J connectivity index is 1.31. The van der Waals surface area contributed by atoms with Crippen LogP contribution in [0.15, 0.2) is 71.7 Å². The third-order valence-electron chi connectivity index (χ3n) is 6.73. The molecule has 4 aromatic rings. The van der Waals surface area contributed by atoms with Crippen LogP contribution in [0.5, 0.6) is 0 Å². The number of nitrogens with zero attached hydrogens (tertiary/aromatic N) is 3. The van der Waals surface area contributed by atoms with Crippen LogP contribution in [-0.2, 0) is 6.42 Å². The van der Waals surface area contributed by atoms with Gasteiger partial charge in [0.05, 0.1) is 6.04 Å². The van der Waals surface area contributed by atoms with Gasteiger partial charge >= 0.3 is 0 Å². The summed E-state index contributed by atoms with van der Waals surface area (Å²) < 4.78 is 1.81. The lowest BCUT2D eigenvalue weighted by molar-refractivity contribution is 0.508. The van der Waals surface area contributed by atoms with Gasteiger partial charge in [0.25, 0.3) is 5.56 Å². The fourth-order valence-corrected chi connectivity index (χ4v) is 4.97. The van der Waals surface area contributed by atoms with Crippen molar-refractivity contribution >= 4 is 28.4 Å². The van der Waals surface area contributed by atoms with Gasteiger partial charge in [0.1, 0.15) is 5.65 Å². The molecule has 2 aromatic heterocycles. The Morgan fingerprint density at radius 2 is 1.88 bits per heavy atom. The van der Waals surface area contributed by atoms with Gasteiger partial charge in [-0.25, -0.2) is 4.98 Å². The second-order valence-electron chi connectivity index (χ2n) is 8.85. The summed E-state index contributed by atoms with van der Waals surface area (Å²) in [5.41, 5.74) is 5.23. The highest BCUT2D eigenvalue weighted by molar-refractivity contribution is 5.76. The smallest absolute Gasteiger partial charge is 0.252 e. The topological polar surface area (TPSA) is 83.9 Å². The van der Waals surface area contributed by atoms with Crippen molar-refractivity contribution in [3.8, 4) is 0 Å². The third-order valence-corrected chi connectivity index (χ3v) is 6.73.